The third kappa shape index (κ3) is 3.11. The van der Waals surface area contributed by atoms with Gasteiger partial charge in [-0.05, 0) is 31.4 Å². The summed E-state index contributed by atoms with van der Waals surface area (Å²) in [6, 6.07) is 2.77. The molecule has 0 saturated carbocycles. The SMILES string of the molecule is COc1cnc2ccc(-c3n[nH]c4nc(N5[C@H]6CC[C@@H]5[C@@H](F)[C@@H](N)C6)c(CO)nc34)c(Cl)c2n1. The fourth-order valence-electron chi connectivity index (χ4n) is 5.19. The smallest absolute Gasteiger partial charge is 0.232 e. The monoisotopic (exact) mass is 484 g/mol. The van der Waals surface area contributed by atoms with Crippen molar-refractivity contribution in [3.05, 3.63) is 29.0 Å². The number of methoxy groups -OCH3 is 1. The Labute approximate surface area is 198 Å². The van der Waals surface area contributed by atoms with Crippen LogP contribution in [-0.4, -0.2) is 66.6 Å². The van der Waals surface area contributed by atoms with Gasteiger partial charge in [-0.1, -0.05) is 11.6 Å². The van der Waals surface area contributed by atoms with Gasteiger partial charge in [-0.15, -0.1) is 0 Å². The zero-order valence-electron chi connectivity index (χ0n) is 18.2. The van der Waals surface area contributed by atoms with E-state index in [4.69, 9.17) is 27.1 Å². The molecule has 3 aromatic heterocycles. The number of nitrogens with one attached hydrogen (secondary N) is 1. The molecule has 2 aliphatic heterocycles. The highest BCUT2D eigenvalue weighted by Crippen LogP contribution is 2.42. The predicted octanol–water partition coefficient (Wildman–Crippen LogP) is 2.52. The first kappa shape index (κ1) is 21.4. The largest absolute Gasteiger partial charge is 0.480 e. The van der Waals surface area contributed by atoms with E-state index in [1.54, 1.807) is 12.1 Å². The molecule has 0 spiro atoms. The number of benzene rings is 1. The summed E-state index contributed by atoms with van der Waals surface area (Å²) in [6.07, 6.45) is 2.42. The van der Waals surface area contributed by atoms with Crippen LogP contribution >= 0.6 is 11.6 Å². The topological polar surface area (TPSA) is 139 Å². The lowest BCUT2D eigenvalue weighted by Crippen LogP contribution is -2.56. The van der Waals surface area contributed by atoms with Crippen molar-refractivity contribution >= 4 is 39.6 Å². The van der Waals surface area contributed by atoms with Gasteiger partial charge >= 0.3 is 0 Å². The number of anilines is 1. The molecule has 176 valence electrons. The molecule has 12 heteroatoms. The lowest BCUT2D eigenvalue weighted by molar-refractivity contribution is 0.202. The number of aliphatic hydroxyl groups is 1. The van der Waals surface area contributed by atoms with Crippen LogP contribution in [0.2, 0.25) is 5.02 Å². The average molecular weight is 485 g/mol. The van der Waals surface area contributed by atoms with Gasteiger partial charge in [0.15, 0.2) is 11.5 Å². The van der Waals surface area contributed by atoms with Gasteiger partial charge in [0.1, 0.15) is 28.6 Å². The van der Waals surface area contributed by atoms with Crippen LogP contribution in [0, 0.1) is 0 Å². The molecule has 34 heavy (non-hydrogen) atoms. The molecule has 0 radical (unpaired) electrons. The number of halogens is 2. The van der Waals surface area contributed by atoms with Crippen molar-refractivity contribution in [1.29, 1.82) is 0 Å². The summed E-state index contributed by atoms with van der Waals surface area (Å²) in [5.41, 5.74) is 9.35. The van der Waals surface area contributed by atoms with E-state index >= 15 is 0 Å². The van der Waals surface area contributed by atoms with E-state index in [-0.39, 0.29) is 18.7 Å². The number of ether oxygens (including phenoxy) is 1. The summed E-state index contributed by atoms with van der Waals surface area (Å²) in [4.78, 5) is 20.1. The molecule has 4 N–H and O–H groups in total. The van der Waals surface area contributed by atoms with Gasteiger partial charge < -0.3 is 20.5 Å². The molecular weight excluding hydrogens is 463 g/mol. The molecule has 1 aromatic carbocycles. The van der Waals surface area contributed by atoms with Crippen LogP contribution in [-0.2, 0) is 6.61 Å². The van der Waals surface area contributed by atoms with Gasteiger partial charge in [-0.3, -0.25) is 5.10 Å². The van der Waals surface area contributed by atoms with Crippen LogP contribution in [0.3, 0.4) is 0 Å². The molecule has 2 bridgehead atoms. The second-order valence-corrected chi connectivity index (χ2v) is 9.06. The molecule has 4 aromatic rings. The van der Waals surface area contributed by atoms with Crippen molar-refractivity contribution in [3.63, 3.8) is 0 Å². The van der Waals surface area contributed by atoms with Gasteiger partial charge in [-0.2, -0.15) is 5.10 Å². The van der Waals surface area contributed by atoms with Crippen LogP contribution in [0.15, 0.2) is 18.3 Å². The predicted molar refractivity (Wildman–Crippen MR) is 124 cm³/mol. The highest BCUT2D eigenvalue weighted by molar-refractivity contribution is 6.38. The molecule has 10 nitrogen and oxygen atoms in total. The minimum atomic E-state index is -1.16. The zero-order chi connectivity index (χ0) is 23.6. The van der Waals surface area contributed by atoms with Crippen LogP contribution in [0.5, 0.6) is 5.88 Å². The molecule has 6 rings (SSSR count). The van der Waals surface area contributed by atoms with Gasteiger partial charge in [0, 0.05) is 17.6 Å². The molecule has 0 unspecified atom stereocenters. The first-order valence-corrected chi connectivity index (χ1v) is 11.4. The third-order valence-corrected chi connectivity index (χ3v) is 7.18. The number of alkyl halides is 1. The number of H-pyrrole nitrogens is 1. The molecular formula is C22H22ClFN8O2. The Morgan fingerprint density at radius 2 is 2.12 bits per heavy atom. The minimum absolute atomic E-state index is 0.0647. The van der Waals surface area contributed by atoms with Crippen LogP contribution in [0.4, 0.5) is 10.2 Å². The summed E-state index contributed by atoms with van der Waals surface area (Å²) in [5.74, 6) is 0.806. The molecule has 2 saturated heterocycles. The Morgan fingerprint density at radius 1 is 1.26 bits per heavy atom. The van der Waals surface area contributed by atoms with E-state index in [9.17, 15) is 9.50 Å². The first-order chi connectivity index (χ1) is 16.5. The molecule has 4 atom stereocenters. The number of aromatic nitrogens is 6. The van der Waals surface area contributed by atoms with Crippen molar-refractivity contribution in [3.8, 4) is 17.1 Å². The summed E-state index contributed by atoms with van der Waals surface area (Å²) in [6.45, 7) is -0.351. The highest BCUT2D eigenvalue weighted by atomic mass is 35.5. The second kappa shape index (κ2) is 7.97. The Bertz CT molecular complexity index is 1410. The molecule has 5 heterocycles. The number of nitrogens with two attached hydrogens (primary N) is 1. The summed E-state index contributed by atoms with van der Waals surface area (Å²) in [5, 5.41) is 17.8. The summed E-state index contributed by atoms with van der Waals surface area (Å²) in [7, 11) is 1.51. The number of fused-ring (bicyclic) bond motifs is 4. The fourth-order valence-corrected chi connectivity index (χ4v) is 5.48. The van der Waals surface area contributed by atoms with E-state index in [0.29, 0.717) is 68.7 Å². The maximum Gasteiger partial charge on any atom is 0.232 e. The fraction of sp³-hybridized carbons (Fsp3) is 0.409. The number of rotatable bonds is 4. The number of piperidine rings is 1. The van der Waals surface area contributed by atoms with E-state index < -0.39 is 12.2 Å². The van der Waals surface area contributed by atoms with Crippen LogP contribution in [0.1, 0.15) is 25.0 Å². The average Bonchev–Trinajstić information content (AvgIpc) is 3.42. The number of hydrogen-bond acceptors (Lipinski definition) is 9. The maximum atomic E-state index is 14.9. The molecule has 0 aliphatic carbocycles. The van der Waals surface area contributed by atoms with Gasteiger partial charge in [0.2, 0.25) is 5.88 Å². The number of aliphatic hydroxyl groups excluding tert-OH is 1. The highest BCUT2D eigenvalue weighted by Gasteiger charge is 2.48. The summed E-state index contributed by atoms with van der Waals surface area (Å²) >= 11 is 6.69. The van der Waals surface area contributed by atoms with E-state index in [2.05, 4.69) is 25.1 Å². The molecule has 0 amide bonds. The van der Waals surface area contributed by atoms with E-state index in [1.165, 1.54) is 13.3 Å². The third-order valence-electron chi connectivity index (χ3n) is 6.80. The Balaban J connectivity index is 1.48. The lowest BCUT2D eigenvalue weighted by atomic mass is 9.96. The number of nitrogens with zero attached hydrogens (tertiary/aromatic N) is 6. The standard InChI is InChI=1S/C22H22ClFN8O2/c1-34-15-7-26-12-4-3-10(16(23)19(12)28-15)18-20-21(31-30-18)29-22(13(8-33)27-20)32-9-2-5-14(32)17(24)11(25)6-9/h3-4,7,9,11,14,17,33H,2,5-6,8,25H2,1H3,(H,29,30,31)/t9-,11-,14+,17-/m0/s1. The van der Waals surface area contributed by atoms with E-state index in [1.807, 2.05) is 4.90 Å². The maximum absolute atomic E-state index is 14.9. The lowest BCUT2D eigenvalue weighted by Gasteiger charge is -2.41. The second-order valence-electron chi connectivity index (χ2n) is 8.68. The van der Waals surface area contributed by atoms with Crippen molar-refractivity contribution < 1.29 is 14.2 Å². The quantitative estimate of drug-likeness (QED) is 0.398. The molecule has 2 aliphatic rings. The van der Waals surface area contributed by atoms with E-state index in [0.717, 1.165) is 6.42 Å². The minimum Gasteiger partial charge on any atom is -0.480 e. The summed E-state index contributed by atoms with van der Waals surface area (Å²) < 4.78 is 20.0. The number of hydrogen-bond donors (Lipinski definition) is 3. The first-order valence-electron chi connectivity index (χ1n) is 11.0. The van der Waals surface area contributed by atoms with Crippen LogP contribution < -0.4 is 15.4 Å². The van der Waals surface area contributed by atoms with Crippen molar-refractivity contribution in [2.45, 2.75) is 50.2 Å². The van der Waals surface area contributed by atoms with Gasteiger partial charge in [-0.25, -0.2) is 24.3 Å². The number of aromatic amines is 1. The van der Waals surface area contributed by atoms with Gasteiger partial charge in [0.05, 0.1) is 36.5 Å². The van der Waals surface area contributed by atoms with Crippen LogP contribution in [0.25, 0.3) is 33.5 Å². The van der Waals surface area contributed by atoms with Gasteiger partial charge in [0.25, 0.3) is 0 Å². The normalized spacial score (nSPS) is 24.3. The Hall–Kier alpha value is -3.15. The van der Waals surface area contributed by atoms with Crippen molar-refractivity contribution in [2.75, 3.05) is 12.0 Å². The van der Waals surface area contributed by atoms with Crippen molar-refractivity contribution in [2.24, 2.45) is 5.73 Å². The molecule has 2 fully saturated rings. The zero-order valence-corrected chi connectivity index (χ0v) is 19.0. The Morgan fingerprint density at radius 3 is 2.91 bits per heavy atom. The van der Waals surface area contributed by atoms with Crippen molar-refractivity contribution in [1.82, 2.24) is 30.1 Å². The Kier molecular flexibility index (Phi) is 5.01.